The lowest BCUT2D eigenvalue weighted by Gasteiger charge is -2.37. The first-order chi connectivity index (χ1) is 26.3. The maximum absolute atomic E-state index is 12.3. The Hall–Kier alpha value is -3.09. The lowest BCUT2D eigenvalue weighted by Crippen LogP contribution is -2.29. The molecule has 1 amide bonds. The van der Waals surface area contributed by atoms with Crippen LogP contribution < -0.4 is 36.3 Å². The van der Waals surface area contributed by atoms with Crippen LogP contribution >= 0.6 is 30.8 Å². The second-order valence-electron chi connectivity index (χ2n) is 12.7. The Kier molecular flexibility index (Phi) is 14.7. The van der Waals surface area contributed by atoms with Crippen LogP contribution in [0.5, 0.6) is 0 Å². The largest absolute Gasteiger partial charge is 0.778 e. The fraction of sp³-hybridized carbons (Fsp3) is 0.452. The number of carbonyl (C=O) groups is 1. The minimum Gasteiger partial charge on any atom is -0.778 e. The number of rotatable bonds is 20. The van der Waals surface area contributed by atoms with Crippen LogP contribution in [0.4, 0.5) is 10.6 Å². The van der Waals surface area contributed by atoms with Gasteiger partial charge in [-0.3, -0.25) is 18.0 Å². The van der Waals surface area contributed by atoms with E-state index in [0.29, 0.717) is 19.3 Å². The van der Waals surface area contributed by atoms with E-state index in [1.54, 1.807) is 0 Å². The molecular formula is C31H38N4O17P4-4. The quantitative estimate of drug-likeness (QED) is 0.107. The van der Waals surface area contributed by atoms with E-state index in [0.717, 1.165) is 26.8 Å². The van der Waals surface area contributed by atoms with Crippen molar-refractivity contribution in [3.05, 3.63) is 82.4 Å². The van der Waals surface area contributed by atoms with E-state index in [1.165, 1.54) is 12.3 Å². The first kappa shape index (κ1) is 44.0. The van der Waals surface area contributed by atoms with E-state index in [-0.39, 0.29) is 37.7 Å². The van der Waals surface area contributed by atoms with Gasteiger partial charge < -0.3 is 63.4 Å². The molecule has 0 radical (unpaired) electrons. The molecule has 21 nitrogen and oxygen atoms in total. The second kappa shape index (κ2) is 18.7. The molecule has 1 aromatic heterocycles. The topological polar surface area (TPSA) is 326 Å². The normalized spacial score (nSPS) is 22.2. The summed E-state index contributed by atoms with van der Waals surface area (Å²) in [6.45, 7) is -1.08. The summed E-state index contributed by atoms with van der Waals surface area (Å²) in [6, 6.07) is 17.1. The molecule has 25 heteroatoms. The second-order valence-corrected chi connectivity index (χ2v) is 19.9. The molecule has 2 aliphatic rings. The number of nitrogens with zero attached hydrogens (tertiary/aromatic N) is 2. The number of aliphatic hydroxyl groups is 1. The minimum absolute atomic E-state index is 0.0882. The zero-order valence-corrected chi connectivity index (χ0v) is 33.0. The number of carbonyl (C=O) groups excluding carboxylic acids is 1. The van der Waals surface area contributed by atoms with Gasteiger partial charge in [-0.1, -0.05) is 61.4 Å². The molecule has 2 aromatic carbocycles. The number of anilines is 1. The molecule has 0 spiro atoms. The van der Waals surface area contributed by atoms with Crippen molar-refractivity contribution in [3.63, 3.8) is 0 Å². The number of aliphatic hydroxyl groups excluding tert-OH is 1. The van der Waals surface area contributed by atoms with Crippen molar-refractivity contribution >= 4 is 42.7 Å². The first-order valence-corrected chi connectivity index (χ1v) is 23.4. The van der Waals surface area contributed by atoms with Crippen molar-refractivity contribution in [3.8, 4) is 11.1 Å². The SMILES string of the molecule is Nc1ccn([C@H]2CC(O)[C@@H](COP(=O)([O-])OP(=O)([O-])OP(=O)([O-])CP(=O)([O-])OCCCCCCNC(=O)OCC3c4ccccc4-c4ccccc43)O2)c(=O)n1. The molecule has 4 N–H and O–H groups in total. The molecule has 0 saturated carbocycles. The third-order valence-corrected chi connectivity index (χ3v) is 15.7. The predicted molar refractivity (Wildman–Crippen MR) is 188 cm³/mol. The summed E-state index contributed by atoms with van der Waals surface area (Å²) in [5, 5.41) is 12.8. The maximum atomic E-state index is 12.3. The maximum Gasteiger partial charge on any atom is 0.407 e. The fourth-order valence-electron chi connectivity index (χ4n) is 6.06. The average Bonchev–Trinajstić information content (AvgIpc) is 3.62. The van der Waals surface area contributed by atoms with E-state index in [4.69, 9.17) is 15.2 Å². The number of nitrogens with two attached hydrogens (primary N) is 1. The Morgan fingerprint density at radius 1 is 0.875 bits per heavy atom. The standard InChI is InChI=1S/C31H42N4O17P4/c32-28-13-15-35(30(37)34-28)29-17-26(36)27(50-29)19-49-55(43,44)52-56(45,46)51-54(41,42)20-53(39,40)48-16-8-2-1-7-14-33-31(38)47-18-25-23-11-5-3-9-21(23)22-10-4-6-12-24(22)25/h3-6,9-13,15,25-27,29,36H,1-2,7-8,14,16-20H2,(H,33,38)(H,39,40)(H,41,42)(H,43,44)(H,45,46)(H2,32,34,37)/p-4/t26?,27-,29-/m1/s1. The summed E-state index contributed by atoms with van der Waals surface area (Å²) in [6.07, 6.45) is -1.97. The van der Waals surface area contributed by atoms with Gasteiger partial charge in [0, 0.05) is 25.1 Å². The number of alkyl carbamates (subject to hydrolysis) is 1. The molecule has 5 rings (SSSR count). The number of nitrogen functional groups attached to an aromatic ring is 1. The number of unbranched alkanes of at least 4 members (excludes halogenated alkanes) is 3. The van der Waals surface area contributed by atoms with Gasteiger partial charge in [0.2, 0.25) is 0 Å². The lowest BCUT2D eigenvalue weighted by molar-refractivity contribution is -0.246. The van der Waals surface area contributed by atoms with Gasteiger partial charge in [0.1, 0.15) is 32.4 Å². The molecule has 2 heterocycles. The molecule has 1 saturated heterocycles. The number of ether oxygens (including phenoxy) is 2. The van der Waals surface area contributed by atoms with Crippen LogP contribution in [0.2, 0.25) is 0 Å². The molecule has 5 unspecified atom stereocenters. The van der Waals surface area contributed by atoms with Crippen molar-refractivity contribution in [2.45, 2.75) is 56.5 Å². The third kappa shape index (κ3) is 12.5. The molecule has 1 aliphatic heterocycles. The lowest BCUT2D eigenvalue weighted by atomic mass is 9.98. The fourth-order valence-corrected chi connectivity index (χ4v) is 12.3. The van der Waals surface area contributed by atoms with Gasteiger partial charge in [0.15, 0.2) is 7.60 Å². The van der Waals surface area contributed by atoms with Crippen molar-refractivity contribution in [1.82, 2.24) is 14.9 Å². The molecule has 0 bridgehead atoms. The Balaban J connectivity index is 0.951. The van der Waals surface area contributed by atoms with E-state index < -0.39 is 80.2 Å². The van der Waals surface area contributed by atoms with Crippen LogP contribution in [0.25, 0.3) is 11.1 Å². The molecule has 56 heavy (non-hydrogen) atoms. The van der Waals surface area contributed by atoms with Crippen LogP contribution in [-0.4, -0.2) is 65.2 Å². The van der Waals surface area contributed by atoms with Crippen molar-refractivity contribution < 1.29 is 74.9 Å². The number of aromatic nitrogens is 2. The van der Waals surface area contributed by atoms with E-state index >= 15 is 0 Å². The zero-order chi connectivity index (χ0) is 40.7. The molecule has 308 valence electrons. The number of phosphoric acid groups is 2. The highest BCUT2D eigenvalue weighted by atomic mass is 31.3. The summed E-state index contributed by atoms with van der Waals surface area (Å²) >= 11 is 0. The Morgan fingerprint density at radius 3 is 2.18 bits per heavy atom. The molecule has 1 aliphatic carbocycles. The van der Waals surface area contributed by atoms with Gasteiger partial charge in [0.25, 0.3) is 15.6 Å². The number of hydrogen-bond donors (Lipinski definition) is 3. The van der Waals surface area contributed by atoms with Crippen LogP contribution in [0.3, 0.4) is 0 Å². The van der Waals surface area contributed by atoms with Gasteiger partial charge >= 0.3 is 11.8 Å². The van der Waals surface area contributed by atoms with Gasteiger partial charge in [-0.05, 0) is 41.2 Å². The van der Waals surface area contributed by atoms with Gasteiger partial charge in [-0.15, -0.1) is 0 Å². The number of amides is 1. The zero-order valence-electron chi connectivity index (χ0n) is 29.4. The Labute approximate surface area is 320 Å². The summed E-state index contributed by atoms with van der Waals surface area (Å²) in [7, 11) is -23.4. The van der Waals surface area contributed by atoms with E-state index in [9.17, 15) is 52.5 Å². The minimum atomic E-state index is -6.31. The number of nitrogens with one attached hydrogen (secondary N) is 1. The monoisotopic (exact) mass is 862 g/mol. The summed E-state index contributed by atoms with van der Waals surface area (Å²) in [4.78, 5) is 76.4. The van der Waals surface area contributed by atoms with E-state index in [2.05, 4.69) is 28.0 Å². The van der Waals surface area contributed by atoms with Crippen LogP contribution in [0, 0.1) is 0 Å². The smallest absolute Gasteiger partial charge is 0.407 e. The average molecular weight is 863 g/mol. The Bertz CT molecular complexity index is 2080. The predicted octanol–water partition coefficient (Wildman–Crippen LogP) is 1.64. The van der Waals surface area contributed by atoms with Crippen molar-refractivity contribution in [1.29, 1.82) is 0 Å². The molecule has 3 aromatic rings. The van der Waals surface area contributed by atoms with Gasteiger partial charge in [-0.2, -0.15) is 4.98 Å². The van der Waals surface area contributed by atoms with Gasteiger partial charge in [-0.25, -0.2) is 13.9 Å². The van der Waals surface area contributed by atoms with Crippen LogP contribution in [-0.2, 0) is 45.4 Å². The number of benzene rings is 2. The summed E-state index contributed by atoms with van der Waals surface area (Å²) in [5.74, 6) is -2.13. The van der Waals surface area contributed by atoms with Crippen LogP contribution in [0.1, 0.15) is 55.4 Å². The highest BCUT2D eigenvalue weighted by Crippen LogP contribution is 2.65. The van der Waals surface area contributed by atoms with E-state index in [1.807, 2.05) is 48.5 Å². The molecule has 1 fully saturated rings. The number of fused-ring (bicyclic) bond motifs is 3. The highest BCUT2D eigenvalue weighted by Gasteiger charge is 2.37. The Morgan fingerprint density at radius 2 is 1.52 bits per heavy atom. The van der Waals surface area contributed by atoms with Crippen molar-refractivity contribution in [2.24, 2.45) is 0 Å². The van der Waals surface area contributed by atoms with Crippen molar-refractivity contribution in [2.75, 3.05) is 38.0 Å². The number of hydrogen-bond acceptors (Lipinski definition) is 19. The van der Waals surface area contributed by atoms with Gasteiger partial charge in [0.05, 0.1) is 25.2 Å². The molecular weight excluding hydrogens is 824 g/mol. The van der Waals surface area contributed by atoms with Crippen LogP contribution in [0.15, 0.2) is 65.6 Å². The molecule has 7 atom stereocenters. The highest BCUT2D eigenvalue weighted by molar-refractivity contribution is 7.73. The number of phosphoric ester groups is 1. The first-order valence-electron chi connectivity index (χ1n) is 17.0. The summed E-state index contributed by atoms with van der Waals surface area (Å²) < 4.78 is 76.9. The summed E-state index contributed by atoms with van der Waals surface area (Å²) in [5.41, 5.74) is 8.94. The third-order valence-electron chi connectivity index (χ3n) is 8.51.